The lowest BCUT2D eigenvalue weighted by atomic mass is 9.91. The standard InChI is InChI=1S/C22H15NO3/c23-14-16-11-9-15(10-12-16)13-21(24)19-7-3-1-5-17(19)18-6-2-4-8-20(18)22(25)26/h1-12H,13H2,(H,25,26). The van der Waals surface area contributed by atoms with Crippen molar-refractivity contribution in [3.8, 4) is 17.2 Å². The lowest BCUT2D eigenvalue weighted by Crippen LogP contribution is -2.07. The number of aromatic carboxylic acids is 1. The minimum absolute atomic E-state index is 0.106. The summed E-state index contributed by atoms with van der Waals surface area (Å²) in [4.78, 5) is 24.3. The molecule has 0 bridgehead atoms. The molecule has 0 spiro atoms. The Labute approximate surface area is 151 Å². The molecule has 0 unspecified atom stereocenters. The molecule has 126 valence electrons. The van der Waals surface area contributed by atoms with Crippen molar-refractivity contribution in [2.24, 2.45) is 0 Å². The summed E-state index contributed by atoms with van der Waals surface area (Å²) < 4.78 is 0. The molecule has 0 amide bonds. The fourth-order valence-electron chi connectivity index (χ4n) is 2.84. The average molecular weight is 341 g/mol. The summed E-state index contributed by atoms with van der Waals surface area (Å²) in [5.41, 5.74) is 3.09. The number of nitriles is 1. The third kappa shape index (κ3) is 3.52. The number of carbonyl (C=O) groups is 2. The number of carboxylic acids is 1. The summed E-state index contributed by atoms with van der Waals surface area (Å²) in [7, 11) is 0. The van der Waals surface area contributed by atoms with Crippen molar-refractivity contribution in [2.75, 3.05) is 0 Å². The van der Waals surface area contributed by atoms with Crippen LogP contribution in [-0.4, -0.2) is 16.9 Å². The summed E-state index contributed by atoms with van der Waals surface area (Å²) in [6, 6.07) is 22.6. The highest BCUT2D eigenvalue weighted by Crippen LogP contribution is 2.28. The molecule has 0 radical (unpaired) electrons. The third-order valence-electron chi connectivity index (χ3n) is 4.12. The second kappa shape index (κ2) is 7.45. The summed E-state index contributed by atoms with van der Waals surface area (Å²) in [5.74, 6) is -1.14. The minimum Gasteiger partial charge on any atom is -0.478 e. The Morgan fingerprint density at radius 2 is 1.35 bits per heavy atom. The molecule has 0 aliphatic rings. The van der Waals surface area contributed by atoms with E-state index >= 15 is 0 Å². The lowest BCUT2D eigenvalue weighted by Gasteiger charge is -2.11. The number of rotatable bonds is 5. The number of ketones is 1. The normalized spacial score (nSPS) is 10.1. The second-order valence-electron chi connectivity index (χ2n) is 5.80. The maximum Gasteiger partial charge on any atom is 0.336 e. The van der Waals surface area contributed by atoms with E-state index in [2.05, 4.69) is 0 Å². The predicted octanol–water partition coefficient (Wildman–Crippen LogP) is 4.35. The largest absolute Gasteiger partial charge is 0.478 e. The van der Waals surface area contributed by atoms with Crippen LogP contribution in [0.25, 0.3) is 11.1 Å². The Balaban J connectivity index is 1.98. The van der Waals surface area contributed by atoms with Crippen LogP contribution in [0.1, 0.15) is 31.8 Å². The molecular weight excluding hydrogens is 326 g/mol. The van der Waals surface area contributed by atoms with E-state index in [0.29, 0.717) is 22.3 Å². The van der Waals surface area contributed by atoms with Crippen LogP contribution >= 0.6 is 0 Å². The van der Waals surface area contributed by atoms with Gasteiger partial charge in [0.15, 0.2) is 5.78 Å². The number of hydrogen-bond acceptors (Lipinski definition) is 3. The molecule has 0 aromatic heterocycles. The summed E-state index contributed by atoms with van der Waals surface area (Å²) in [6.45, 7) is 0. The van der Waals surface area contributed by atoms with E-state index in [1.165, 1.54) is 6.07 Å². The second-order valence-corrected chi connectivity index (χ2v) is 5.80. The first-order chi connectivity index (χ1) is 12.6. The Morgan fingerprint density at radius 3 is 1.92 bits per heavy atom. The molecule has 0 aliphatic carbocycles. The van der Waals surface area contributed by atoms with Crippen molar-refractivity contribution in [1.82, 2.24) is 0 Å². The number of hydrogen-bond donors (Lipinski definition) is 1. The average Bonchev–Trinajstić information content (AvgIpc) is 2.68. The lowest BCUT2D eigenvalue weighted by molar-refractivity contribution is 0.0697. The van der Waals surface area contributed by atoms with Gasteiger partial charge >= 0.3 is 5.97 Å². The first-order valence-electron chi connectivity index (χ1n) is 8.04. The van der Waals surface area contributed by atoms with Crippen LogP contribution < -0.4 is 0 Å². The van der Waals surface area contributed by atoms with Crippen molar-refractivity contribution in [3.63, 3.8) is 0 Å². The van der Waals surface area contributed by atoms with E-state index in [1.54, 1.807) is 66.7 Å². The molecule has 3 aromatic rings. The molecule has 0 atom stereocenters. The van der Waals surface area contributed by atoms with Gasteiger partial charge in [0.1, 0.15) is 0 Å². The van der Waals surface area contributed by atoms with E-state index in [9.17, 15) is 14.7 Å². The first-order valence-corrected chi connectivity index (χ1v) is 8.04. The van der Waals surface area contributed by atoms with Gasteiger partial charge in [-0.05, 0) is 34.9 Å². The zero-order chi connectivity index (χ0) is 18.5. The molecule has 0 aliphatic heterocycles. The van der Waals surface area contributed by atoms with Crippen LogP contribution in [0, 0.1) is 11.3 Å². The Hall–Kier alpha value is -3.71. The Kier molecular flexibility index (Phi) is 4.91. The van der Waals surface area contributed by atoms with Gasteiger partial charge in [-0.1, -0.05) is 54.6 Å². The topological polar surface area (TPSA) is 78.2 Å². The number of Topliss-reactive ketones (excluding diaryl/α,β-unsaturated/α-hetero) is 1. The van der Waals surface area contributed by atoms with Gasteiger partial charge in [0.05, 0.1) is 17.2 Å². The van der Waals surface area contributed by atoms with E-state index in [-0.39, 0.29) is 17.8 Å². The Morgan fingerprint density at radius 1 is 0.808 bits per heavy atom. The highest BCUT2D eigenvalue weighted by molar-refractivity contribution is 6.06. The van der Waals surface area contributed by atoms with Gasteiger partial charge in [0, 0.05) is 12.0 Å². The Bertz CT molecular complexity index is 1010. The van der Waals surface area contributed by atoms with E-state index in [4.69, 9.17) is 5.26 Å². The molecule has 4 nitrogen and oxygen atoms in total. The van der Waals surface area contributed by atoms with E-state index < -0.39 is 5.97 Å². The third-order valence-corrected chi connectivity index (χ3v) is 4.12. The molecule has 3 rings (SSSR count). The van der Waals surface area contributed by atoms with Gasteiger partial charge in [-0.25, -0.2) is 4.79 Å². The van der Waals surface area contributed by atoms with Gasteiger partial charge in [-0.15, -0.1) is 0 Å². The van der Waals surface area contributed by atoms with Gasteiger partial charge in [-0.3, -0.25) is 4.79 Å². The summed E-state index contributed by atoms with van der Waals surface area (Å²) >= 11 is 0. The highest BCUT2D eigenvalue weighted by Gasteiger charge is 2.17. The SMILES string of the molecule is N#Cc1ccc(CC(=O)c2ccccc2-c2ccccc2C(=O)O)cc1. The molecule has 4 heteroatoms. The number of carbonyl (C=O) groups excluding carboxylic acids is 1. The van der Waals surface area contributed by atoms with Gasteiger partial charge < -0.3 is 5.11 Å². The van der Waals surface area contributed by atoms with Crippen LogP contribution in [0.2, 0.25) is 0 Å². The van der Waals surface area contributed by atoms with Crippen molar-refractivity contribution in [3.05, 3.63) is 95.1 Å². The minimum atomic E-state index is -1.03. The first kappa shape index (κ1) is 17.1. The molecule has 0 saturated carbocycles. The predicted molar refractivity (Wildman–Crippen MR) is 98.0 cm³/mol. The smallest absolute Gasteiger partial charge is 0.336 e. The van der Waals surface area contributed by atoms with Crippen LogP contribution in [0.5, 0.6) is 0 Å². The van der Waals surface area contributed by atoms with Crippen LogP contribution in [0.3, 0.4) is 0 Å². The molecule has 26 heavy (non-hydrogen) atoms. The fourth-order valence-corrected chi connectivity index (χ4v) is 2.84. The number of carboxylic acid groups (broad SMARTS) is 1. The molecule has 0 fully saturated rings. The summed E-state index contributed by atoms with van der Waals surface area (Å²) in [5, 5.41) is 18.3. The van der Waals surface area contributed by atoms with Crippen LogP contribution in [0.4, 0.5) is 0 Å². The molecule has 0 saturated heterocycles. The van der Waals surface area contributed by atoms with Gasteiger partial charge in [-0.2, -0.15) is 5.26 Å². The van der Waals surface area contributed by atoms with Crippen LogP contribution in [-0.2, 0) is 6.42 Å². The van der Waals surface area contributed by atoms with Crippen molar-refractivity contribution >= 4 is 11.8 Å². The molecular formula is C22H15NO3. The monoisotopic (exact) mass is 341 g/mol. The molecule has 1 N–H and O–H groups in total. The van der Waals surface area contributed by atoms with Crippen molar-refractivity contribution in [2.45, 2.75) is 6.42 Å². The quantitative estimate of drug-likeness (QED) is 0.700. The van der Waals surface area contributed by atoms with Crippen molar-refractivity contribution in [1.29, 1.82) is 5.26 Å². The van der Waals surface area contributed by atoms with E-state index in [1.807, 2.05) is 6.07 Å². The number of benzene rings is 3. The van der Waals surface area contributed by atoms with Gasteiger partial charge in [0.2, 0.25) is 0 Å². The van der Waals surface area contributed by atoms with Crippen LogP contribution in [0.15, 0.2) is 72.8 Å². The molecule has 3 aromatic carbocycles. The maximum absolute atomic E-state index is 12.8. The highest BCUT2D eigenvalue weighted by atomic mass is 16.4. The molecule has 0 heterocycles. The summed E-state index contributed by atoms with van der Waals surface area (Å²) in [6.07, 6.45) is 0.179. The number of nitrogens with zero attached hydrogens (tertiary/aromatic N) is 1. The maximum atomic E-state index is 12.8. The fraction of sp³-hybridized carbons (Fsp3) is 0.0455. The van der Waals surface area contributed by atoms with Gasteiger partial charge in [0.25, 0.3) is 0 Å². The van der Waals surface area contributed by atoms with Crippen molar-refractivity contribution < 1.29 is 14.7 Å². The van der Waals surface area contributed by atoms with E-state index in [0.717, 1.165) is 5.56 Å². The zero-order valence-electron chi connectivity index (χ0n) is 13.8. The zero-order valence-corrected chi connectivity index (χ0v) is 13.8.